The van der Waals surface area contributed by atoms with Crippen molar-refractivity contribution in [1.82, 2.24) is 0 Å². The van der Waals surface area contributed by atoms with E-state index in [1.807, 2.05) is 0 Å². The number of allylic oxidation sites excluding steroid dienone is 3. The molecule has 0 atom stereocenters. The Morgan fingerprint density at radius 1 is 0.568 bits per heavy atom. The lowest BCUT2D eigenvalue weighted by Gasteiger charge is -2.45. The molecule has 0 amide bonds. The van der Waals surface area contributed by atoms with Crippen LogP contribution in [0.2, 0.25) is 0 Å². The van der Waals surface area contributed by atoms with Crippen molar-refractivity contribution in [3.05, 3.63) is 151 Å². The molecule has 2 aliphatic heterocycles. The molecule has 10 rings (SSSR count). The maximum atomic E-state index is 6.39. The van der Waals surface area contributed by atoms with Gasteiger partial charge in [0.2, 0.25) is 6.71 Å². The van der Waals surface area contributed by atoms with Crippen LogP contribution in [0.25, 0.3) is 32.7 Å². The molecule has 3 heterocycles. The largest absolute Gasteiger partial charge is 0.456 e. The first-order valence-electron chi connectivity index (χ1n) is 15.5. The van der Waals surface area contributed by atoms with E-state index >= 15 is 0 Å². The summed E-state index contributed by atoms with van der Waals surface area (Å²) >= 11 is 0. The highest BCUT2D eigenvalue weighted by molar-refractivity contribution is 6.95. The molecule has 0 unspecified atom stereocenters. The zero-order chi connectivity index (χ0) is 28.8. The molecule has 206 valence electrons. The van der Waals surface area contributed by atoms with E-state index in [0.29, 0.717) is 0 Å². The molecule has 44 heavy (non-hydrogen) atoms. The van der Waals surface area contributed by atoms with Gasteiger partial charge in [-0.15, -0.1) is 0 Å². The van der Waals surface area contributed by atoms with Crippen LogP contribution in [0.5, 0.6) is 0 Å². The lowest BCUT2D eigenvalue weighted by atomic mass is 9.32. The predicted molar refractivity (Wildman–Crippen MR) is 185 cm³/mol. The van der Waals surface area contributed by atoms with Crippen molar-refractivity contribution >= 4 is 78.8 Å². The summed E-state index contributed by atoms with van der Waals surface area (Å²) < 4.78 is 6.39. The molecule has 0 radical (unpaired) electrons. The molecule has 0 bridgehead atoms. The van der Waals surface area contributed by atoms with Crippen LogP contribution in [0.3, 0.4) is 0 Å². The number of anilines is 5. The van der Waals surface area contributed by atoms with Gasteiger partial charge < -0.3 is 14.2 Å². The maximum absolute atomic E-state index is 6.39. The molecular weight excluding hydrogens is 535 g/mol. The molecule has 0 saturated carbocycles. The molecule has 1 aliphatic carbocycles. The predicted octanol–water partition coefficient (Wildman–Crippen LogP) is 9.43. The summed E-state index contributed by atoms with van der Waals surface area (Å²) in [5, 5.41) is 4.73. The van der Waals surface area contributed by atoms with Crippen molar-refractivity contribution in [3.8, 4) is 0 Å². The summed E-state index contributed by atoms with van der Waals surface area (Å²) in [4.78, 5) is 4.95. The third-order valence-corrected chi connectivity index (χ3v) is 9.69. The molecule has 3 aliphatic rings. The van der Waals surface area contributed by atoms with Gasteiger partial charge in [-0.05, 0) is 101 Å². The average molecular weight is 562 g/mol. The summed E-state index contributed by atoms with van der Waals surface area (Å²) in [6.45, 7) is 0.221. The summed E-state index contributed by atoms with van der Waals surface area (Å²) in [7, 11) is 0. The molecule has 4 heteroatoms. The Morgan fingerprint density at radius 3 is 2.18 bits per heavy atom. The van der Waals surface area contributed by atoms with Gasteiger partial charge in [-0.25, -0.2) is 0 Å². The van der Waals surface area contributed by atoms with Crippen LogP contribution in [0, 0.1) is 0 Å². The lowest BCUT2D eigenvalue weighted by Crippen LogP contribution is -2.56. The van der Waals surface area contributed by atoms with Gasteiger partial charge in [0.05, 0.1) is 0 Å². The van der Waals surface area contributed by atoms with Gasteiger partial charge in [0, 0.05) is 44.9 Å². The Balaban J connectivity index is 1.24. The first-order valence-corrected chi connectivity index (χ1v) is 15.5. The van der Waals surface area contributed by atoms with E-state index in [1.54, 1.807) is 0 Å². The minimum Gasteiger partial charge on any atom is -0.456 e. The Labute approximate surface area is 256 Å². The van der Waals surface area contributed by atoms with Gasteiger partial charge >= 0.3 is 0 Å². The SMILES string of the molecule is C1=CC2=C(CC1)B1c3ccccc3N(c3ccccc3)c3cccc(c31)N2c1ccc2oc3cc4ccccc4cc3c2c1. The molecule has 6 aromatic carbocycles. The third-order valence-electron chi connectivity index (χ3n) is 9.69. The number of benzene rings is 6. The maximum Gasteiger partial charge on any atom is 0.247 e. The number of nitrogens with zero attached hydrogens (tertiary/aromatic N) is 2. The van der Waals surface area contributed by atoms with E-state index in [9.17, 15) is 0 Å². The van der Waals surface area contributed by atoms with E-state index in [0.717, 1.165) is 40.5 Å². The normalized spacial score (nSPS) is 15.2. The fourth-order valence-corrected chi connectivity index (χ4v) is 7.84. The van der Waals surface area contributed by atoms with E-state index in [4.69, 9.17) is 4.42 Å². The van der Waals surface area contributed by atoms with Crippen molar-refractivity contribution in [2.24, 2.45) is 0 Å². The second-order valence-electron chi connectivity index (χ2n) is 12.0. The fraction of sp³-hybridized carbons (Fsp3) is 0.0500. The standard InChI is InChI=1S/C40H27BN2O/c1-2-13-28(14-3-1)42-34-17-8-6-15-32(34)41-33-16-7-9-18-35(33)43(37-20-10-19-36(42)40(37)41)29-21-22-38-31(25-29)30-23-26-11-4-5-12-27(26)24-39(30)44-38/h1-6,8-15,17-25H,7,16H2. The molecule has 7 aromatic rings. The lowest BCUT2D eigenvalue weighted by molar-refractivity contribution is 0.669. The molecule has 0 spiro atoms. The molecular formula is C40H27BN2O. The fourth-order valence-electron chi connectivity index (χ4n) is 7.84. The van der Waals surface area contributed by atoms with Gasteiger partial charge in [0.1, 0.15) is 11.2 Å². The number of rotatable bonds is 2. The molecule has 0 saturated heterocycles. The van der Waals surface area contributed by atoms with Crippen LogP contribution in [0.1, 0.15) is 12.8 Å². The van der Waals surface area contributed by atoms with Gasteiger partial charge in [-0.3, -0.25) is 0 Å². The minimum atomic E-state index is 0.221. The monoisotopic (exact) mass is 562 g/mol. The van der Waals surface area contributed by atoms with E-state index in [1.165, 1.54) is 55.6 Å². The van der Waals surface area contributed by atoms with Crippen molar-refractivity contribution in [2.45, 2.75) is 12.8 Å². The van der Waals surface area contributed by atoms with Crippen molar-refractivity contribution < 1.29 is 4.42 Å². The minimum absolute atomic E-state index is 0.221. The Morgan fingerprint density at radius 2 is 1.30 bits per heavy atom. The van der Waals surface area contributed by atoms with Crippen molar-refractivity contribution in [2.75, 3.05) is 9.80 Å². The van der Waals surface area contributed by atoms with E-state index in [-0.39, 0.29) is 6.71 Å². The smallest absolute Gasteiger partial charge is 0.247 e. The van der Waals surface area contributed by atoms with E-state index in [2.05, 4.69) is 149 Å². The van der Waals surface area contributed by atoms with Gasteiger partial charge in [0.15, 0.2) is 0 Å². The van der Waals surface area contributed by atoms with Crippen molar-refractivity contribution in [3.63, 3.8) is 0 Å². The van der Waals surface area contributed by atoms with Crippen molar-refractivity contribution in [1.29, 1.82) is 0 Å². The van der Waals surface area contributed by atoms with Crippen LogP contribution in [0.4, 0.5) is 28.4 Å². The first-order chi connectivity index (χ1) is 21.8. The zero-order valence-electron chi connectivity index (χ0n) is 24.1. The number of hydrogen-bond donors (Lipinski definition) is 0. The second kappa shape index (κ2) is 9.01. The van der Waals surface area contributed by atoms with Crippen LogP contribution in [-0.4, -0.2) is 6.71 Å². The quantitative estimate of drug-likeness (QED) is 0.196. The average Bonchev–Trinajstić information content (AvgIpc) is 3.44. The second-order valence-corrected chi connectivity index (χ2v) is 12.0. The molecule has 3 nitrogen and oxygen atoms in total. The molecule has 1 aromatic heterocycles. The summed E-state index contributed by atoms with van der Waals surface area (Å²) in [6.07, 6.45) is 6.79. The van der Waals surface area contributed by atoms with Gasteiger partial charge in [0.25, 0.3) is 0 Å². The number of para-hydroxylation sites is 2. The Kier molecular flexibility index (Phi) is 4.92. The topological polar surface area (TPSA) is 19.6 Å². The van der Waals surface area contributed by atoms with Crippen LogP contribution in [-0.2, 0) is 0 Å². The summed E-state index contributed by atoms with van der Waals surface area (Å²) in [6, 6.07) is 46.3. The van der Waals surface area contributed by atoms with E-state index < -0.39 is 0 Å². The van der Waals surface area contributed by atoms with Crippen LogP contribution in [0.15, 0.2) is 155 Å². The zero-order valence-corrected chi connectivity index (χ0v) is 24.1. The molecule has 0 fully saturated rings. The van der Waals surface area contributed by atoms with Gasteiger partial charge in [-0.1, -0.05) is 78.3 Å². The molecule has 0 N–H and O–H groups in total. The highest BCUT2D eigenvalue weighted by Gasteiger charge is 2.43. The number of hydrogen-bond acceptors (Lipinski definition) is 3. The highest BCUT2D eigenvalue weighted by atomic mass is 16.3. The number of furan rings is 1. The third kappa shape index (κ3) is 3.28. The first kappa shape index (κ1) is 24.0. The Hall–Kier alpha value is -5.48. The summed E-state index contributed by atoms with van der Waals surface area (Å²) in [5.74, 6) is 0. The Bertz CT molecular complexity index is 2370. The number of fused-ring (bicyclic) bond motifs is 7. The highest BCUT2D eigenvalue weighted by Crippen LogP contribution is 2.46. The van der Waals surface area contributed by atoms with Crippen LogP contribution >= 0.6 is 0 Å². The van der Waals surface area contributed by atoms with Gasteiger partial charge in [-0.2, -0.15) is 0 Å². The van der Waals surface area contributed by atoms with Crippen LogP contribution < -0.4 is 20.7 Å². The summed E-state index contributed by atoms with van der Waals surface area (Å²) in [5.41, 5.74) is 13.5.